The highest BCUT2D eigenvalue weighted by Crippen LogP contribution is 2.38. The van der Waals surface area contributed by atoms with Crippen molar-refractivity contribution < 1.29 is 9.90 Å². The van der Waals surface area contributed by atoms with Gasteiger partial charge in [-0.1, -0.05) is 6.92 Å². The number of carbonyl (C=O) groups is 1. The molecular weight excluding hydrogens is 204 g/mol. The summed E-state index contributed by atoms with van der Waals surface area (Å²) < 4.78 is 0. The van der Waals surface area contributed by atoms with Gasteiger partial charge in [0.1, 0.15) is 0 Å². The van der Waals surface area contributed by atoms with E-state index in [0.29, 0.717) is 18.4 Å². The Balaban J connectivity index is 2.15. The van der Waals surface area contributed by atoms with Crippen LogP contribution in [0.2, 0.25) is 0 Å². The zero-order chi connectivity index (χ0) is 12.2. The molecule has 0 aliphatic heterocycles. The summed E-state index contributed by atoms with van der Waals surface area (Å²) in [5, 5.41) is 11.7. The lowest BCUT2D eigenvalue weighted by Gasteiger charge is -2.23. The highest BCUT2D eigenvalue weighted by molar-refractivity contribution is 5.86. The number of hydrogen-bond donors (Lipinski definition) is 3. The fraction of sp³-hybridized carbons (Fsp3) is 0.917. The van der Waals surface area contributed by atoms with Crippen molar-refractivity contribution in [2.75, 3.05) is 13.2 Å². The summed E-state index contributed by atoms with van der Waals surface area (Å²) in [6, 6.07) is 0. The summed E-state index contributed by atoms with van der Waals surface area (Å²) >= 11 is 0. The summed E-state index contributed by atoms with van der Waals surface area (Å²) in [5.41, 5.74) is 5.29. The minimum Gasteiger partial charge on any atom is -0.396 e. The summed E-state index contributed by atoms with van der Waals surface area (Å²) in [6.45, 7) is 4.68. The van der Waals surface area contributed by atoms with Crippen LogP contribution in [0.4, 0.5) is 0 Å². The Morgan fingerprint density at radius 2 is 2.25 bits per heavy atom. The van der Waals surface area contributed by atoms with Crippen LogP contribution in [0.5, 0.6) is 0 Å². The second kappa shape index (κ2) is 5.64. The van der Waals surface area contributed by atoms with E-state index < -0.39 is 5.54 Å². The maximum atomic E-state index is 11.8. The lowest BCUT2D eigenvalue weighted by molar-refractivity contribution is -0.126. The lowest BCUT2D eigenvalue weighted by Crippen LogP contribution is -2.53. The summed E-state index contributed by atoms with van der Waals surface area (Å²) in [6.07, 6.45) is 3.97. The average molecular weight is 228 g/mol. The van der Waals surface area contributed by atoms with Gasteiger partial charge in [-0.05, 0) is 44.4 Å². The van der Waals surface area contributed by atoms with Crippen LogP contribution in [-0.4, -0.2) is 29.7 Å². The van der Waals surface area contributed by atoms with Crippen LogP contribution in [0.15, 0.2) is 0 Å². The molecule has 0 aromatic carbocycles. The molecule has 4 nitrogen and oxygen atoms in total. The van der Waals surface area contributed by atoms with Gasteiger partial charge in [0.25, 0.3) is 0 Å². The third-order valence-corrected chi connectivity index (χ3v) is 3.39. The van der Waals surface area contributed by atoms with E-state index in [9.17, 15) is 4.79 Å². The molecular formula is C12H24N2O2. The Kier molecular flexibility index (Phi) is 4.74. The normalized spacial score (nSPS) is 21.2. The predicted molar refractivity (Wildman–Crippen MR) is 63.8 cm³/mol. The zero-order valence-electron chi connectivity index (χ0n) is 10.3. The molecule has 0 aromatic heterocycles. The molecule has 0 radical (unpaired) electrons. The molecule has 0 aromatic rings. The minimum atomic E-state index is -0.692. The molecule has 0 spiro atoms. The molecule has 0 heterocycles. The van der Waals surface area contributed by atoms with Crippen LogP contribution < -0.4 is 11.1 Å². The van der Waals surface area contributed by atoms with E-state index >= 15 is 0 Å². The molecule has 0 saturated heterocycles. The van der Waals surface area contributed by atoms with Gasteiger partial charge < -0.3 is 16.2 Å². The Morgan fingerprint density at radius 3 is 2.75 bits per heavy atom. The van der Waals surface area contributed by atoms with Crippen molar-refractivity contribution >= 4 is 5.91 Å². The van der Waals surface area contributed by atoms with E-state index in [-0.39, 0.29) is 12.5 Å². The van der Waals surface area contributed by atoms with Crippen molar-refractivity contribution in [2.24, 2.45) is 17.6 Å². The van der Waals surface area contributed by atoms with Gasteiger partial charge in [-0.25, -0.2) is 0 Å². The minimum absolute atomic E-state index is 0.0355. The second-order valence-electron chi connectivity index (χ2n) is 5.24. The van der Waals surface area contributed by atoms with Crippen LogP contribution in [-0.2, 0) is 4.79 Å². The standard InChI is InChI=1S/C12H24N2O2/c1-9(8-15)4-3-7-14-11(16)12(2,13)10-5-6-10/h9-10,15H,3-8,13H2,1-2H3,(H,14,16). The first-order valence-electron chi connectivity index (χ1n) is 6.16. The molecule has 4 N–H and O–H groups in total. The quantitative estimate of drug-likeness (QED) is 0.560. The Labute approximate surface area is 97.6 Å². The van der Waals surface area contributed by atoms with Gasteiger partial charge in [-0.15, -0.1) is 0 Å². The van der Waals surface area contributed by atoms with Gasteiger partial charge in [0, 0.05) is 13.2 Å². The molecule has 1 amide bonds. The topological polar surface area (TPSA) is 75.3 Å². The summed E-state index contributed by atoms with van der Waals surface area (Å²) in [4.78, 5) is 11.8. The molecule has 1 rings (SSSR count). The monoisotopic (exact) mass is 228 g/mol. The number of nitrogens with one attached hydrogen (secondary N) is 1. The first-order valence-corrected chi connectivity index (χ1v) is 6.16. The number of nitrogens with two attached hydrogens (primary N) is 1. The number of rotatable bonds is 7. The molecule has 4 heteroatoms. The lowest BCUT2D eigenvalue weighted by atomic mass is 9.96. The Hall–Kier alpha value is -0.610. The smallest absolute Gasteiger partial charge is 0.240 e. The molecule has 1 fully saturated rings. The molecule has 1 saturated carbocycles. The molecule has 94 valence electrons. The van der Waals surface area contributed by atoms with E-state index in [1.165, 1.54) is 0 Å². The molecule has 16 heavy (non-hydrogen) atoms. The van der Waals surface area contributed by atoms with Gasteiger partial charge in [0.05, 0.1) is 5.54 Å². The zero-order valence-corrected chi connectivity index (χ0v) is 10.3. The van der Waals surface area contributed by atoms with E-state index in [4.69, 9.17) is 10.8 Å². The largest absolute Gasteiger partial charge is 0.396 e. The fourth-order valence-electron chi connectivity index (χ4n) is 1.80. The first-order chi connectivity index (χ1) is 7.48. The van der Waals surface area contributed by atoms with E-state index in [1.807, 2.05) is 13.8 Å². The van der Waals surface area contributed by atoms with Crippen molar-refractivity contribution in [2.45, 2.75) is 45.1 Å². The SMILES string of the molecule is CC(CO)CCCNC(=O)C(C)(N)C1CC1. The number of aliphatic hydroxyl groups excluding tert-OH is 1. The molecule has 1 aliphatic rings. The third-order valence-electron chi connectivity index (χ3n) is 3.39. The summed E-state index contributed by atoms with van der Waals surface area (Å²) in [5.74, 6) is 0.639. The van der Waals surface area contributed by atoms with Gasteiger partial charge in [0.15, 0.2) is 0 Å². The number of hydrogen-bond acceptors (Lipinski definition) is 3. The van der Waals surface area contributed by atoms with Crippen molar-refractivity contribution in [1.82, 2.24) is 5.32 Å². The van der Waals surface area contributed by atoms with E-state index in [0.717, 1.165) is 25.7 Å². The Bertz CT molecular complexity index is 237. The first kappa shape index (κ1) is 13.5. The Morgan fingerprint density at radius 1 is 1.62 bits per heavy atom. The van der Waals surface area contributed by atoms with Crippen LogP contribution in [0.1, 0.15) is 39.5 Å². The van der Waals surface area contributed by atoms with Crippen LogP contribution in [0.3, 0.4) is 0 Å². The van der Waals surface area contributed by atoms with Crippen molar-refractivity contribution in [3.8, 4) is 0 Å². The average Bonchev–Trinajstić information content (AvgIpc) is 3.07. The fourth-order valence-corrected chi connectivity index (χ4v) is 1.80. The molecule has 1 aliphatic carbocycles. The highest BCUT2D eigenvalue weighted by Gasteiger charge is 2.43. The van der Waals surface area contributed by atoms with E-state index in [1.54, 1.807) is 0 Å². The van der Waals surface area contributed by atoms with Crippen molar-refractivity contribution in [3.63, 3.8) is 0 Å². The molecule has 2 unspecified atom stereocenters. The highest BCUT2D eigenvalue weighted by atomic mass is 16.3. The summed E-state index contributed by atoms with van der Waals surface area (Å²) in [7, 11) is 0. The predicted octanol–water partition coefficient (Wildman–Crippen LogP) is 0.639. The number of aliphatic hydroxyl groups is 1. The maximum Gasteiger partial charge on any atom is 0.240 e. The van der Waals surface area contributed by atoms with Crippen LogP contribution in [0, 0.1) is 11.8 Å². The number of carbonyl (C=O) groups excluding carboxylic acids is 1. The van der Waals surface area contributed by atoms with Crippen molar-refractivity contribution in [1.29, 1.82) is 0 Å². The van der Waals surface area contributed by atoms with Gasteiger partial charge >= 0.3 is 0 Å². The van der Waals surface area contributed by atoms with Gasteiger partial charge in [0.2, 0.25) is 5.91 Å². The third kappa shape index (κ3) is 3.76. The maximum absolute atomic E-state index is 11.8. The van der Waals surface area contributed by atoms with E-state index in [2.05, 4.69) is 5.32 Å². The van der Waals surface area contributed by atoms with Crippen LogP contribution in [0.25, 0.3) is 0 Å². The van der Waals surface area contributed by atoms with Crippen LogP contribution >= 0.6 is 0 Å². The number of amides is 1. The van der Waals surface area contributed by atoms with Gasteiger partial charge in [-0.3, -0.25) is 4.79 Å². The second-order valence-corrected chi connectivity index (χ2v) is 5.24. The molecule has 2 atom stereocenters. The van der Waals surface area contributed by atoms with Crippen molar-refractivity contribution in [3.05, 3.63) is 0 Å². The van der Waals surface area contributed by atoms with Gasteiger partial charge in [-0.2, -0.15) is 0 Å². The molecule has 0 bridgehead atoms.